The van der Waals surface area contributed by atoms with Crippen LogP contribution in [0.4, 0.5) is 5.95 Å². The lowest BCUT2D eigenvalue weighted by molar-refractivity contribution is 0.707. The number of rotatable bonds is 6. The molecule has 156 valence electrons. The molecule has 2 aromatic heterocycles. The number of halogens is 1. The molecule has 0 unspecified atom stereocenters. The Balaban J connectivity index is 1.58. The maximum absolute atomic E-state index is 6.08. The maximum atomic E-state index is 6.08. The van der Waals surface area contributed by atoms with E-state index in [9.17, 15) is 0 Å². The molecule has 6 heteroatoms. The molecule has 0 bridgehead atoms. The van der Waals surface area contributed by atoms with Crippen LogP contribution in [0.2, 0.25) is 5.02 Å². The van der Waals surface area contributed by atoms with Crippen LogP contribution in [-0.2, 0) is 0 Å². The van der Waals surface area contributed by atoms with Gasteiger partial charge < -0.3 is 4.90 Å². The van der Waals surface area contributed by atoms with Crippen molar-refractivity contribution in [3.63, 3.8) is 0 Å². The topological polar surface area (TPSA) is 34.0 Å². The molecule has 1 aliphatic rings. The highest BCUT2D eigenvalue weighted by Crippen LogP contribution is 2.37. The number of thiazole rings is 1. The van der Waals surface area contributed by atoms with Crippen molar-refractivity contribution in [2.75, 3.05) is 11.4 Å². The van der Waals surface area contributed by atoms with Crippen LogP contribution in [0.5, 0.6) is 0 Å². The van der Waals surface area contributed by atoms with Gasteiger partial charge in [-0.15, -0.1) is 11.3 Å². The molecule has 0 aliphatic carbocycles. The highest BCUT2D eigenvalue weighted by Gasteiger charge is 2.26. The number of benzene rings is 2. The van der Waals surface area contributed by atoms with Crippen molar-refractivity contribution in [3.8, 4) is 11.3 Å². The molecule has 0 atom stereocenters. The second-order valence-electron chi connectivity index (χ2n) is 7.72. The first kappa shape index (κ1) is 20.0. The maximum Gasteiger partial charge on any atom is 0.215 e. The van der Waals surface area contributed by atoms with Crippen molar-refractivity contribution in [3.05, 3.63) is 77.4 Å². The van der Waals surface area contributed by atoms with Gasteiger partial charge >= 0.3 is 0 Å². The van der Waals surface area contributed by atoms with E-state index in [0.717, 1.165) is 57.7 Å². The van der Waals surface area contributed by atoms with E-state index < -0.39 is 0 Å². The van der Waals surface area contributed by atoms with Crippen molar-refractivity contribution in [1.29, 1.82) is 0 Å². The molecule has 0 spiro atoms. The summed E-state index contributed by atoms with van der Waals surface area (Å²) in [5.41, 5.74) is 8.10. The third kappa shape index (κ3) is 3.80. The van der Waals surface area contributed by atoms with Gasteiger partial charge in [0.1, 0.15) is 0 Å². The van der Waals surface area contributed by atoms with E-state index in [0.29, 0.717) is 0 Å². The van der Waals surface area contributed by atoms with Crippen LogP contribution in [0.15, 0.2) is 66.8 Å². The van der Waals surface area contributed by atoms with E-state index in [2.05, 4.69) is 58.4 Å². The molecule has 5 rings (SSSR count). The molecular weight excluding hydrogens is 424 g/mol. The third-order valence-electron chi connectivity index (χ3n) is 5.58. The average molecular weight is 447 g/mol. The smallest absolute Gasteiger partial charge is 0.215 e. The van der Waals surface area contributed by atoms with E-state index in [1.165, 1.54) is 17.5 Å². The first-order chi connectivity index (χ1) is 15.1. The van der Waals surface area contributed by atoms with E-state index in [4.69, 9.17) is 16.6 Å². The van der Waals surface area contributed by atoms with Gasteiger partial charge in [-0.05, 0) is 42.3 Å². The molecule has 0 N–H and O–H groups in total. The first-order valence-corrected chi connectivity index (χ1v) is 11.8. The van der Waals surface area contributed by atoms with Crippen molar-refractivity contribution in [1.82, 2.24) is 14.5 Å². The predicted molar refractivity (Wildman–Crippen MR) is 132 cm³/mol. The van der Waals surface area contributed by atoms with Crippen LogP contribution in [0.3, 0.4) is 0 Å². The van der Waals surface area contributed by atoms with Crippen molar-refractivity contribution >= 4 is 50.5 Å². The second kappa shape index (κ2) is 8.33. The van der Waals surface area contributed by atoms with Gasteiger partial charge in [-0.2, -0.15) is 0 Å². The standard InChI is InChI=1S/C25H23ClN4S/c1-3-4-5-12-29-23(19-8-11-21-24(14-19)31-16-27-21)13-17(2)30-15-22(28-25(29)30)18-6-9-20(26)10-7-18/h6-11,13-16H,2-5,12H2,1H3. The minimum Gasteiger partial charge on any atom is -0.311 e. The molecular formula is C25H23ClN4S. The van der Waals surface area contributed by atoms with Gasteiger partial charge in [0.2, 0.25) is 5.95 Å². The number of unbranched alkanes of at least 4 members (excludes halogenated alkanes) is 2. The summed E-state index contributed by atoms with van der Waals surface area (Å²) >= 11 is 7.74. The Hall–Kier alpha value is -2.89. The Labute approximate surface area is 191 Å². The fourth-order valence-electron chi connectivity index (χ4n) is 3.94. The van der Waals surface area contributed by atoms with Crippen LogP contribution >= 0.6 is 22.9 Å². The largest absolute Gasteiger partial charge is 0.311 e. The number of hydrogen-bond donors (Lipinski definition) is 0. The lowest BCUT2D eigenvalue weighted by atomic mass is 10.1. The number of aromatic nitrogens is 3. The minimum atomic E-state index is 0.723. The molecule has 2 aromatic carbocycles. The molecule has 0 saturated heterocycles. The summed E-state index contributed by atoms with van der Waals surface area (Å²) in [6.45, 7) is 7.46. The molecule has 3 heterocycles. The molecule has 0 fully saturated rings. The van der Waals surface area contributed by atoms with Crippen molar-refractivity contribution in [2.45, 2.75) is 26.2 Å². The van der Waals surface area contributed by atoms with Crippen LogP contribution < -0.4 is 4.90 Å². The summed E-state index contributed by atoms with van der Waals surface area (Å²) in [6.07, 6.45) is 7.69. The molecule has 0 radical (unpaired) electrons. The van der Waals surface area contributed by atoms with Crippen LogP contribution in [0, 0.1) is 0 Å². The van der Waals surface area contributed by atoms with Gasteiger partial charge in [0.05, 0.1) is 27.1 Å². The fraction of sp³-hybridized carbons (Fsp3) is 0.200. The second-order valence-corrected chi connectivity index (χ2v) is 9.04. The van der Waals surface area contributed by atoms with Crippen LogP contribution in [0.1, 0.15) is 31.7 Å². The number of imidazole rings is 1. The monoisotopic (exact) mass is 446 g/mol. The summed E-state index contributed by atoms with van der Waals surface area (Å²) in [5.74, 6) is 0.910. The molecule has 4 aromatic rings. The zero-order valence-corrected chi connectivity index (χ0v) is 19.0. The van der Waals surface area contributed by atoms with Gasteiger partial charge in [-0.25, -0.2) is 9.97 Å². The van der Waals surface area contributed by atoms with Gasteiger partial charge in [-0.3, -0.25) is 4.57 Å². The Morgan fingerprint density at radius 1 is 1.06 bits per heavy atom. The molecule has 0 amide bonds. The fourth-order valence-corrected chi connectivity index (χ4v) is 4.78. The zero-order chi connectivity index (χ0) is 21.4. The number of hydrogen-bond acceptors (Lipinski definition) is 4. The van der Waals surface area contributed by atoms with Crippen LogP contribution in [0.25, 0.3) is 32.9 Å². The highest BCUT2D eigenvalue weighted by molar-refractivity contribution is 7.16. The van der Waals surface area contributed by atoms with Gasteiger partial charge in [-0.1, -0.05) is 56.1 Å². The lowest BCUT2D eigenvalue weighted by Crippen LogP contribution is -2.28. The summed E-state index contributed by atoms with van der Waals surface area (Å²) in [5, 5.41) is 0.723. The SMILES string of the molecule is C=C1C=C(c2ccc3ncsc3c2)N(CCCCC)c2nc(-c3ccc(Cl)cc3)cn21. The molecule has 1 aliphatic heterocycles. The Kier molecular flexibility index (Phi) is 5.38. The third-order valence-corrected chi connectivity index (χ3v) is 6.63. The average Bonchev–Trinajstić information content (AvgIpc) is 3.43. The number of nitrogens with zero attached hydrogens (tertiary/aromatic N) is 4. The highest BCUT2D eigenvalue weighted by atomic mass is 35.5. The predicted octanol–water partition coefficient (Wildman–Crippen LogP) is 7.34. The van der Waals surface area contributed by atoms with E-state index in [1.807, 2.05) is 29.8 Å². The van der Waals surface area contributed by atoms with Crippen LogP contribution in [-0.4, -0.2) is 21.1 Å². The quantitative estimate of drug-likeness (QED) is 0.290. The Morgan fingerprint density at radius 2 is 1.87 bits per heavy atom. The van der Waals surface area contributed by atoms with Gasteiger partial charge in [0.15, 0.2) is 0 Å². The molecule has 31 heavy (non-hydrogen) atoms. The molecule has 4 nitrogen and oxygen atoms in total. The van der Waals surface area contributed by atoms with Crippen molar-refractivity contribution in [2.24, 2.45) is 0 Å². The summed E-state index contributed by atoms with van der Waals surface area (Å²) in [7, 11) is 0. The Morgan fingerprint density at radius 3 is 2.68 bits per heavy atom. The Bertz CT molecular complexity index is 1280. The summed E-state index contributed by atoms with van der Waals surface area (Å²) in [6, 6.07) is 14.3. The summed E-state index contributed by atoms with van der Waals surface area (Å²) in [4.78, 5) is 11.8. The van der Waals surface area contributed by atoms with Gasteiger partial charge in [0.25, 0.3) is 0 Å². The van der Waals surface area contributed by atoms with E-state index in [-0.39, 0.29) is 0 Å². The van der Waals surface area contributed by atoms with E-state index >= 15 is 0 Å². The number of anilines is 1. The first-order valence-electron chi connectivity index (χ1n) is 10.5. The summed E-state index contributed by atoms with van der Waals surface area (Å²) < 4.78 is 3.28. The van der Waals surface area contributed by atoms with Crippen molar-refractivity contribution < 1.29 is 0 Å². The lowest BCUT2D eigenvalue weighted by Gasteiger charge is -2.31. The van der Waals surface area contributed by atoms with E-state index in [1.54, 1.807) is 11.3 Å². The number of fused-ring (bicyclic) bond motifs is 2. The van der Waals surface area contributed by atoms with Gasteiger partial charge in [0, 0.05) is 29.0 Å². The molecule has 0 saturated carbocycles. The normalized spacial score (nSPS) is 13.5. The number of allylic oxidation sites excluding steroid dienone is 2. The minimum absolute atomic E-state index is 0.723. The zero-order valence-electron chi connectivity index (χ0n) is 17.4.